The molecule has 1 amide bonds. The molecule has 4 N–H and O–H groups in total. The molecule has 8 heteroatoms. The molecule has 0 unspecified atom stereocenters. The quantitative estimate of drug-likeness (QED) is 0.639. The Morgan fingerprint density at radius 2 is 2.19 bits per heavy atom. The summed E-state index contributed by atoms with van der Waals surface area (Å²) < 4.78 is 1.37. The second-order valence-corrected chi connectivity index (χ2v) is 4.44. The van der Waals surface area contributed by atoms with Gasteiger partial charge >= 0.3 is 5.97 Å². The number of aromatic carboxylic acids is 1. The van der Waals surface area contributed by atoms with Crippen LogP contribution in [-0.2, 0) is 17.8 Å². The fraction of sp³-hybridized carbons (Fsp3) is 0.231. The maximum atomic E-state index is 11.7. The summed E-state index contributed by atoms with van der Waals surface area (Å²) >= 11 is 0. The van der Waals surface area contributed by atoms with Crippen molar-refractivity contribution in [3.63, 3.8) is 0 Å². The Kier molecular flexibility index (Phi) is 4.50. The zero-order valence-corrected chi connectivity index (χ0v) is 11.2. The highest BCUT2D eigenvalue weighted by molar-refractivity contribution is 5.84. The third kappa shape index (κ3) is 4.30. The standard InChI is InChI=1S/C13H15N5O3/c14-10-3-1-2-9(6-10)7-12(19)15-4-5-18-8-11(13(20)21)16-17-18/h1-3,6,8H,4-5,7,14H2,(H,15,19)(H,20,21). The summed E-state index contributed by atoms with van der Waals surface area (Å²) in [5.41, 5.74) is 6.96. The lowest BCUT2D eigenvalue weighted by atomic mass is 10.1. The monoisotopic (exact) mass is 289 g/mol. The Bertz CT molecular complexity index is 653. The number of carboxylic acids is 1. The van der Waals surface area contributed by atoms with Crippen molar-refractivity contribution in [2.75, 3.05) is 12.3 Å². The number of carboxylic acid groups (broad SMARTS) is 1. The van der Waals surface area contributed by atoms with Crippen LogP contribution in [-0.4, -0.2) is 38.5 Å². The van der Waals surface area contributed by atoms with Crippen molar-refractivity contribution >= 4 is 17.6 Å². The van der Waals surface area contributed by atoms with Gasteiger partial charge in [-0.15, -0.1) is 5.10 Å². The van der Waals surface area contributed by atoms with E-state index < -0.39 is 5.97 Å². The fourth-order valence-electron chi connectivity index (χ4n) is 1.77. The molecule has 0 aliphatic carbocycles. The molecule has 0 aliphatic heterocycles. The fourth-order valence-corrected chi connectivity index (χ4v) is 1.77. The predicted octanol–water partition coefficient (Wildman–Crippen LogP) is -0.0826. The minimum Gasteiger partial charge on any atom is -0.476 e. The minimum atomic E-state index is -1.13. The van der Waals surface area contributed by atoms with Crippen molar-refractivity contribution in [1.29, 1.82) is 0 Å². The Labute approximate surface area is 120 Å². The van der Waals surface area contributed by atoms with Gasteiger partial charge in [-0.25, -0.2) is 9.48 Å². The second kappa shape index (κ2) is 6.51. The Morgan fingerprint density at radius 3 is 2.86 bits per heavy atom. The molecule has 21 heavy (non-hydrogen) atoms. The van der Waals surface area contributed by atoms with Crippen molar-refractivity contribution < 1.29 is 14.7 Å². The SMILES string of the molecule is Nc1cccc(CC(=O)NCCn2cc(C(=O)O)nn2)c1. The Hall–Kier alpha value is -2.90. The van der Waals surface area contributed by atoms with Gasteiger partial charge in [-0.3, -0.25) is 4.79 Å². The molecule has 0 saturated carbocycles. The Morgan fingerprint density at radius 1 is 1.38 bits per heavy atom. The van der Waals surface area contributed by atoms with Gasteiger partial charge in [-0.2, -0.15) is 0 Å². The number of carbonyl (C=O) groups is 2. The zero-order chi connectivity index (χ0) is 15.2. The van der Waals surface area contributed by atoms with Crippen molar-refractivity contribution in [3.05, 3.63) is 41.7 Å². The highest BCUT2D eigenvalue weighted by Gasteiger charge is 2.08. The van der Waals surface area contributed by atoms with Crippen molar-refractivity contribution in [1.82, 2.24) is 20.3 Å². The van der Waals surface area contributed by atoms with E-state index >= 15 is 0 Å². The molecule has 1 heterocycles. The molecule has 0 atom stereocenters. The van der Waals surface area contributed by atoms with Crippen LogP contribution in [0.25, 0.3) is 0 Å². The van der Waals surface area contributed by atoms with Gasteiger partial charge in [0.25, 0.3) is 0 Å². The summed E-state index contributed by atoms with van der Waals surface area (Å²) in [7, 11) is 0. The third-order valence-electron chi connectivity index (χ3n) is 2.74. The molecule has 110 valence electrons. The van der Waals surface area contributed by atoms with E-state index in [1.165, 1.54) is 10.9 Å². The first-order valence-electron chi connectivity index (χ1n) is 6.29. The van der Waals surface area contributed by atoms with Crippen LogP contribution in [0, 0.1) is 0 Å². The number of aromatic nitrogens is 3. The Balaban J connectivity index is 1.77. The van der Waals surface area contributed by atoms with Gasteiger partial charge in [0.05, 0.1) is 19.2 Å². The largest absolute Gasteiger partial charge is 0.476 e. The van der Waals surface area contributed by atoms with E-state index in [0.717, 1.165) is 5.56 Å². The number of anilines is 1. The van der Waals surface area contributed by atoms with E-state index in [2.05, 4.69) is 15.6 Å². The predicted molar refractivity (Wildman–Crippen MR) is 74.5 cm³/mol. The summed E-state index contributed by atoms with van der Waals surface area (Å²) in [6, 6.07) is 7.12. The molecule has 0 bridgehead atoms. The van der Waals surface area contributed by atoms with Crippen LogP contribution in [0.2, 0.25) is 0 Å². The van der Waals surface area contributed by atoms with Crippen LogP contribution in [0.4, 0.5) is 5.69 Å². The van der Waals surface area contributed by atoms with Crippen LogP contribution in [0.1, 0.15) is 16.1 Å². The van der Waals surface area contributed by atoms with Gasteiger partial charge in [-0.1, -0.05) is 17.3 Å². The zero-order valence-electron chi connectivity index (χ0n) is 11.2. The number of nitrogens with zero attached hydrogens (tertiary/aromatic N) is 3. The highest BCUT2D eigenvalue weighted by atomic mass is 16.4. The molecule has 1 aromatic heterocycles. The topological polar surface area (TPSA) is 123 Å². The van der Waals surface area contributed by atoms with E-state index in [9.17, 15) is 9.59 Å². The maximum absolute atomic E-state index is 11.7. The molecule has 2 rings (SSSR count). The molecule has 0 spiro atoms. The maximum Gasteiger partial charge on any atom is 0.358 e. The number of nitrogen functional groups attached to an aromatic ring is 1. The van der Waals surface area contributed by atoms with Crippen molar-refractivity contribution in [2.24, 2.45) is 0 Å². The van der Waals surface area contributed by atoms with Gasteiger partial charge in [0, 0.05) is 12.2 Å². The highest BCUT2D eigenvalue weighted by Crippen LogP contribution is 2.06. The van der Waals surface area contributed by atoms with E-state index in [4.69, 9.17) is 10.8 Å². The van der Waals surface area contributed by atoms with Gasteiger partial charge in [0.1, 0.15) is 0 Å². The van der Waals surface area contributed by atoms with Gasteiger partial charge < -0.3 is 16.2 Å². The summed E-state index contributed by atoms with van der Waals surface area (Å²) in [6.07, 6.45) is 1.55. The lowest BCUT2D eigenvalue weighted by Gasteiger charge is -2.05. The van der Waals surface area contributed by atoms with Crippen molar-refractivity contribution in [3.8, 4) is 0 Å². The van der Waals surface area contributed by atoms with Gasteiger partial charge in [-0.05, 0) is 17.7 Å². The van der Waals surface area contributed by atoms with E-state index in [-0.39, 0.29) is 18.0 Å². The number of hydrogen-bond donors (Lipinski definition) is 3. The number of benzene rings is 1. The smallest absolute Gasteiger partial charge is 0.358 e. The molecule has 0 saturated heterocycles. The lowest BCUT2D eigenvalue weighted by molar-refractivity contribution is -0.120. The average Bonchev–Trinajstić information content (AvgIpc) is 2.87. The summed E-state index contributed by atoms with van der Waals surface area (Å²) in [5.74, 6) is -1.27. The summed E-state index contributed by atoms with van der Waals surface area (Å²) in [6.45, 7) is 0.687. The molecular formula is C13H15N5O3. The molecular weight excluding hydrogens is 274 g/mol. The van der Waals surface area contributed by atoms with Crippen LogP contribution in [0.5, 0.6) is 0 Å². The van der Waals surface area contributed by atoms with Gasteiger partial charge in [0.2, 0.25) is 5.91 Å². The normalized spacial score (nSPS) is 10.3. The first kappa shape index (κ1) is 14.5. The molecule has 2 aromatic rings. The molecule has 1 aromatic carbocycles. The van der Waals surface area contributed by atoms with Crippen LogP contribution in [0.3, 0.4) is 0 Å². The molecule has 0 fully saturated rings. The van der Waals surface area contributed by atoms with Crippen LogP contribution in [0.15, 0.2) is 30.5 Å². The number of hydrogen-bond acceptors (Lipinski definition) is 5. The first-order valence-corrected chi connectivity index (χ1v) is 6.29. The number of amides is 1. The first-order chi connectivity index (χ1) is 10.0. The number of carbonyl (C=O) groups excluding carboxylic acids is 1. The third-order valence-corrected chi connectivity index (χ3v) is 2.74. The number of rotatable bonds is 6. The summed E-state index contributed by atoms with van der Waals surface area (Å²) in [5, 5.41) is 18.5. The lowest BCUT2D eigenvalue weighted by Crippen LogP contribution is -2.28. The van der Waals surface area contributed by atoms with Crippen LogP contribution >= 0.6 is 0 Å². The molecule has 0 radical (unpaired) electrons. The van der Waals surface area contributed by atoms with Crippen molar-refractivity contribution in [2.45, 2.75) is 13.0 Å². The minimum absolute atomic E-state index is 0.124. The molecule has 8 nitrogen and oxygen atoms in total. The molecule has 0 aliphatic rings. The number of nitrogens with one attached hydrogen (secondary N) is 1. The summed E-state index contributed by atoms with van der Waals surface area (Å²) in [4.78, 5) is 22.4. The van der Waals surface area contributed by atoms with E-state index in [1.54, 1.807) is 18.2 Å². The van der Waals surface area contributed by atoms with Gasteiger partial charge in [0.15, 0.2) is 5.69 Å². The number of nitrogens with two attached hydrogens (primary N) is 1. The second-order valence-electron chi connectivity index (χ2n) is 4.44. The average molecular weight is 289 g/mol. The van der Waals surface area contributed by atoms with Crippen LogP contribution < -0.4 is 11.1 Å². The van der Waals surface area contributed by atoms with E-state index in [1.807, 2.05) is 6.07 Å². The van der Waals surface area contributed by atoms with E-state index in [0.29, 0.717) is 18.8 Å².